The summed E-state index contributed by atoms with van der Waals surface area (Å²) in [6.07, 6.45) is 6.37. The molecule has 1 amide bonds. The average molecular weight is 259 g/mol. The van der Waals surface area contributed by atoms with Gasteiger partial charge in [-0.15, -0.1) is 0 Å². The third-order valence-corrected chi connectivity index (χ3v) is 2.53. The highest BCUT2D eigenvalue weighted by Crippen LogP contribution is 2.15. The van der Waals surface area contributed by atoms with Crippen molar-refractivity contribution in [3.63, 3.8) is 0 Å². The zero-order valence-corrected chi connectivity index (χ0v) is 10.7. The molecule has 1 heterocycles. The number of hydrogen-bond donors (Lipinski definition) is 1. The second kappa shape index (κ2) is 5.48. The number of benzene rings is 1. The third-order valence-electron chi connectivity index (χ3n) is 2.53. The van der Waals surface area contributed by atoms with Gasteiger partial charge >= 0.3 is 0 Å². The molecule has 0 saturated heterocycles. The number of nitrogens with one attached hydrogen (secondary N) is 1. The number of hydrogen-bond acceptors (Lipinski definition) is 2. The molecule has 2 aromatic rings. The second-order valence-electron chi connectivity index (χ2n) is 4.25. The van der Waals surface area contributed by atoms with Crippen molar-refractivity contribution in [1.82, 2.24) is 9.78 Å². The predicted octanol–water partition coefficient (Wildman–Crippen LogP) is 2.52. The quantitative estimate of drug-likeness (QED) is 0.861. The minimum atomic E-state index is -0.442. The van der Waals surface area contributed by atoms with E-state index in [-0.39, 0.29) is 11.6 Å². The van der Waals surface area contributed by atoms with Gasteiger partial charge in [-0.05, 0) is 30.7 Å². The van der Waals surface area contributed by atoms with Crippen LogP contribution in [0, 0.1) is 12.7 Å². The molecular formula is C14H14FN3O. The molecule has 2 rings (SSSR count). The van der Waals surface area contributed by atoms with Crippen LogP contribution in [-0.4, -0.2) is 15.7 Å². The predicted molar refractivity (Wildman–Crippen MR) is 72.0 cm³/mol. The smallest absolute Gasteiger partial charge is 0.248 e. The van der Waals surface area contributed by atoms with Crippen molar-refractivity contribution in [2.75, 3.05) is 5.32 Å². The fourth-order valence-electron chi connectivity index (χ4n) is 1.59. The van der Waals surface area contributed by atoms with E-state index in [1.807, 2.05) is 0 Å². The summed E-state index contributed by atoms with van der Waals surface area (Å²) >= 11 is 0. The molecule has 0 unspecified atom stereocenters. The van der Waals surface area contributed by atoms with Gasteiger partial charge in [0.05, 0.1) is 11.9 Å². The molecule has 0 fully saturated rings. The van der Waals surface area contributed by atoms with Crippen molar-refractivity contribution >= 4 is 17.7 Å². The zero-order chi connectivity index (χ0) is 13.8. The normalized spacial score (nSPS) is 10.9. The minimum absolute atomic E-state index is 0.173. The molecule has 4 nitrogen and oxygen atoms in total. The monoisotopic (exact) mass is 259 g/mol. The van der Waals surface area contributed by atoms with Crippen LogP contribution in [-0.2, 0) is 11.8 Å². The number of rotatable bonds is 3. The van der Waals surface area contributed by atoms with Crippen molar-refractivity contribution in [1.29, 1.82) is 0 Å². The maximum atomic E-state index is 13.5. The van der Waals surface area contributed by atoms with Gasteiger partial charge in [-0.25, -0.2) is 4.39 Å². The number of halogens is 1. The van der Waals surface area contributed by atoms with Gasteiger partial charge in [-0.2, -0.15) is 5.10 Å². The molecule has 0 aliphatic carbocycles. The van der Waals surface area contributed by atoms with E-state index in [2.05, 4.69) is 10.4 Å². The molecule has 1 aromatic heterocycles. The lowest BCUT2D eigenvalue weighted by molar-refractivity contribution is -0.111. The molecule has 0 saturated carbocycles. The van der Waals surface area contributed by atoms with E-state index in [0.29, 0.717) is 0 Å². The molecule has 1 aromatic carbocycles. The Labute approximate surface area is 110 Å². The van der Waals surface area contributed by atoms with Crippen LogP contribution < -0.4 is 5.32 Å². The first kappa shape index (κ1) is 13.0. The maximum Gasteiger partial charge on any atom is 0.248 e. The van der Waals surface area contributed by atoms with Crippen LogP contribution in [0.2, 0.25) is 0 Å². The van der Waals surface area contributed by atoms with E-state index >= 15 is 0 Å². The molecule has 0 aliphatic rings. The fraction of sp³-hybridized carbons (Fsp3) is 0.143. The summed E-state index contributed by atoms with van der Waals surface area (Å²) in [4.78, 5) is 11.6. The van der Waals surface area contributed by atoms with Crippen LogP contribution in [0.5, 0.6) is 0 Å². The summed E-state index contributed by atoms with van der Waals surface area (Å²) in [7, 11) is 1.79. The van der Waals surface area contributed by atoms with E-state index < -0.39 is 5.82 Å². The standard InChI is InChI=1S/C14H14FN3O/c1-10-3-5-13(12(15)7-10)17-14(19)6-4-11-8-16-18(2)9-11/h3-9H,1-2H3,(H,17,19)/b6-4+. The van der Waals surface area contributed by atoms with E-state index in [4.69, 9.17) is 0 Å². The average Bonchev–Trinajstić information content (AvgIpc) is 2.76. The highest BCUT2D eigenvalue weighted by Gasteiger charge is 2.04. The molecule has 5 heteroatoms. The third kappa shape index (κ3) is 3.51. The van der Waals surface area contributed by atoms with E-state index in [1.165, 1.54) is 12.1 Å². The van der Waals surface area contributed by atoms with Crippen molar-refractivity contribution in [3.8, 4) is 0 Å². The lowest BCUT2D eigenvalue weighted by atomic mass is 10.2. The number of carbonyl (C=O) groups is 1. The van der Waals surface area contributed by atoms with Crippen molar-refractivity contribution < 1.29 is 9.18 Å². The Bertz CT molecular complexity index is 631. The summed E-state index contributed by atoms with van der Waals surface area (Å²) in [5, 5.41) is 6.46. The lowest BCUT2D eigenvalue weighted by Crippen LogP contribution is -2.09. The van der Waals surface area contributed by atoms with Gasteiger partial charge in [0, 0.05) is 24.9 Å². The summed E-state index contributed by atoms with van der Waals surface area (Å²) < 4.78 is 15.2. The Balaban J connectivity index is 2.03. The largest absolute Gasteiger partial charge is 0.320 e. The first-order valence-corrected chi connectivity index (χ1v) is 5.78. The highest BCUT2D eigenvalue weighted by molar-refractivity contribution is 6.01. The first-order valence-electron chi connectivity index (χ1n) is 5.78. The van der Waals surface area contributed by atoms with Gasteiger partial charge in [-0.1, -0.05) is 6.07 Å². The molecule has 98 valence electrons. The molecule has 0 aliphatic heterocycles. The molecular weight excluding hydrogens is 245 g/mol. The first-order chi connectivity index (χ1) is 9.04. The number of carbonyl (C=O) groups excluding carboxylic acids is 1. The Morgan fingerprint density at radius 2 is 2.26 bits per heavy atom. The number of aromatic nitrogens is 2. The summed E-state index contributed by atoms with van der Waals surface area (Å²) in [5.41, 5.74) is 1.79. The Morgan fingerprint density at radius 1 is 1.47 bits per heavy atom. The minimum Gasteiger partial charge on any atom is -0.320 e. The number of nitrogens with zero attached hydrogens (tertiary/aromatic N) is 2. The van der Waals surface area contributed by atoms with Gasteiger partial charge in [0.25, 0.3) is 0 Å². The van der Waals surface area contributed by atoms with Gasteiger partial charge in [0.1, 0.15) is 5.82 Å². The van der Waals surface area contributed by atoms with Crippen molar-refractivity contribution in [2.45, 2.75) is 6.92 Å². The van der Waals surface area contributed by atoms with Gasteiger partial charge in [0.2, 0.25) is 5.91 Å². The summed E-state index contributed by atoms with van der Waals surface area (Å²) in [6, 6.07) is 4.66. The molecule has 0 bridgehead atoms. The van der Waals surface area contributed by atoms with Crippen LogP contribution in [0.4, 0.5) is 10.1 Å². The number of aryl methyl sites for hydroxylation is 2. The van der Waals surface area contributed by atoms with E-state index in [9.17, 15) is 9.18 Å². The van der Waals surface area contributed by atoms with Gasteiger partial charge < -0.3 is 5.32 Å². The van der Waals surface area contributed by atoms with Crippen LogP contribution in [0.15, 0.2) is 36.7 Å². The van der Waals surface area contributed by atoms with Crippen LogP contribution >= 0.6 is 0 Å². The molecule has 0 radical (unpaired) electrons. The summed E-state index contributed by atoms with van der Waals surface area (Å²) in [6.45, 7) is 1.79. The molecule has 0 spiro atoms. The molecule has 19 heavy (non-hydrogen) atoms. The Kier molecular flexibility index (Phi) is 3.75. The Morgan fingerprint density at radius 3 is 2.89 bits per heavy atom. The topological polar surface area (TPSA) is 46.9 Å². The van der Waals surface area contributed by atoms with Crippen LogP contribution in [0.25, 0.3) is 6.08 Å². The Hall–Kier alpha value is -2.43. The van der Waals surface area contributed by atoms with Crippen molar-refractivity contribution in [2.24, 2.45) is 7.05 Å². The van der Waals surface area contributed by atoms with Crippen LogP contribution in [0.3, 0.4) is 0 Å². The number of anilines is 1. The SMILES string of the molecule is Cc1ccc(NC(=O)/C=C/c2cnn(C)c2)c(F)c1. The van der Waals surface area contributed by atoms with Crippen molar-refractivity contribution in [3.05, 3.63) is 53.6 Å². The zero-order valence-electron chi connectivity index (χ0n) is 10.7. The second-order valence-corrected chi connectivity index (χ2v) is 4.25. The lowest BCUT2D eigenvalue weighted by Gasteiger charge is -2.04. The molecule has 0 atom stereocenters. The van der Waals surface area contributed by atoms with Gasteiger partial charge in [0.15, 0.2) is 0 Å². The summed E-state index contributed by atoms with van der Waals surface area (Å²) in [5.74, 6) is -0.824. The van der Waals surface area contributed by atoms with Crippen LogP contribution in [0.1, 0.15) is 11.1 Å². The van der Waals surface area contributed by atoms with E-state index in [1.54, 1.807) is 49.3 Å². The maximum absolute atomic E-state index is 13.5. The molecule has 1 N–H and O–H groups in total. The highest BCUT2D eigenvalue weighted by atomic mass is 19.1. The van der Waals surface area contributed by atoms with E-state index in [0.717, 1.165) is 11.1 Å². The fourth-order valence-corrected chi connectivity index (χ4v) is 1.59. The van der Waals surface area contributed by atoms with Gasteiger partial charge in [-0.3, -0.25) is 9.48 Å². The number of amides is 1.